The average Bonchev–Trinajstić information content (AvgIpc) is 2.35. The number of rotatable bonds is 3. The smallest absolute Gasteiger partial charge is 0.0426 e. The first-order valence-electron chi connectivity index (χ1n) is 5.88. The summed E-state index contributed by atoms with van der Waals surface area (Å²) >= 11 is 3.52. The quantitative estimate of drug-likeness (QED) is 0.869. The fourth-order valence-corrected chi connectivity index (χ4v) is 2.32. The molecule has 18 heavy (non-hydrogen) atoms. The number of halogens is 1. The molecule has 2 nitrogen and oxygen atoms in total. The van der Waals surface area contributed by atoms with Crippen molar-refractivity contribution in [3.8, 4) is 0 Å². The van der Waals surface area contributed by atoms with Gasteiger partial charge in [0.2, 0.25) is 0 Å². The Labute approximate surface area is 117 Å². The van der Waals surface area contributed by atoms with Gasteiger partial charge in [-0.15, -0.1) is 0 Å². The van der Waals surface area contributed by atoms with E-state index in [-0.39, 0.29) is 0 Å². The molecular weight excluding hydrogens is 288 g/mol. The Morgan fingerprint density at radius 3 is 2.44 bits per heavy atom. The van der Waals surface area contributed by atoms with E-state index in [9.17, 15) is 0 Å². The van der Waals surface area contributed by atoms with Crippen LogP contribution in [-0.4, -0.2) is 7.05 Å². The highest BCUT2D eigenvalue weighted by atomic mass is 79.9. The number of anilines is 2. The lowest BCUT2D eigenvalue weighted by Gasteiger charge is -2.22. The summed E-state index contributed by atoms with van der Waals surface area (Å²) in [7, 11) is 2.10. The lowest BCUT2D eigenvalue weighted by molar-refractivity contribution is 0.917. The highest BCUT2D eigenvalue weighted by molar-refractivity contribution is 9.10. The Balaban J connectivity index is 2.18. The molecule has 0 heterocycles. The van der Waals surface area contributed by atoms with Gasteiger partial charge in [-0.2, -0.15) is 0 Å². The highest BCUT2D eigenvalue weighted by Crippen LogP contribution is 2.25. The van der Waals surface area contributed by atoms with E-state index in [0.29, 0.717) is 0 Å². The third-order valence-corrected chi connectivity index (χ3v) is 3.48. The first-order chi connectivity index (χ1) is 8.56. The van der Waals surface area contributed by atoms with E-state index < -0.39 is 0 Å². The molecule has 0 saturated carbocycles. The third-order valence-electron chi connectivity index (χ3n) is 2.98. The molecule has 2 aromatic rings. The standard InChI is InChI=1S/C15H17BrN2/c1-11-3-6-13(16)9-15(11)18(2)10-12-4-7-14(17)8-5-12/h3-9H,10,17H2,1-2H3. The van der Waals surface area contributed by atoms with Crippen molar-refractivity contribution in [1.82, 2.24) is 0 Å². The van der Waals surface area contributed by atoms with Crippen LogP contribution in [0, 0.1) is 6.92 Å². The van der Waals surface area contributed by atoms with Gasteiger partial charge >= 0.3 is 0 Å². The first kappa shape index (κ1) is 13.0. The molecule has 0 amide bonds. The summed E-state index contributed by atoms with van der Waals surface area (Å²) in [6.07, 6.45) is 0. The van der Waals surface area contributed by atoms with E-state index >= 15 is 0 Å². The van der Waals surface area contributed by atoms with Gasteiger partial charge in [0.05, 0.1) is 0 Å². The van der Waals surface area contributed by atoms with Crippen molar-refractivity contribution >= 4 is 27.3 Å². The molecule has 0 bridgehead atoms. The number of hydrogen-bond acceptors (Lipinski definition) is 2. The van der Waals surface area contributed by atoms with Crippen LogP contribution >= 0.6 is 15.9 Å². The maximum atomic E-state index is 5.69. The summed E-state index contributed by atoms with van der Waals surface area (Å²) < 4.78 is 1.10. The van der Waals surface area contributed by atoms with Gasteiger partial charge in [-0.25, -0.2) is 0 Å². The summed E-state index contributed by atoms with van der Waals surface area (Å²) in [5, 5.41) is 0. The SMILES string of the molecule is Cc1ccc(Br)cc1N(C)Cc1ccc(N)cc1. The van der Waals surface area contributed by atoms with Crippen molar-refractivity contribution < 1.29 is 0 Å². The van der Waals surface area contributed by atoms with Crippen molar-refractivity contribution in [2.75, 3.05) is 17.7 Å². The summed E-state index contributed by atoms with van der Waals surface area (Å²) in [4.78, 5) is 2.24. The zero-order chi connectivity index (χ0) is 13.1. The monoisotopic (exact) mass is 304 g/mol. The topological polar surface area (TPSA) is 29.3 Å². The Kier molecular flexibility index (Phi) is 3.92. The van der Waals surface area contributed by atoms with Gasteiger partial charge in [0.25, 0.3) is 0 Å². The predicted molar refractivity (Wildman–Crippen MR) is 81.8 cm³/mol. The molecule has 3 heteroatoms. The normalized spacial score (nSPS) is 10.4. The fraction of sp³-hybridized carbons (Fsp3) is 0.200. The number of nitrogens with two attached hydrogens (primary N) is 1. The Morgan fingerprint density at radius 1 is 1.11 bits per heavy atom. The number of nitrogen functional groups attached to an aromatic ring is 1. The lowest BCUT2D eigenvalue weighted by atomic mass is 10.1. The van der Waals surface area contributed by atoms with Crippen LogP contribution in [0.15, 0.2) is 46.9 Å². The molecule has 0 atom stereocenters. The van der Waals surface area contributed by atoms with Gasteiger partial charge in [-0.1, -0.05) is 34.1 Å². The Hall–Kier alpha value is -1.48. The van der Waals surface area contributed by atoms with Crippen LogP contribution in [0.5, 0.6) is 0 Å². The number of hydrogen-bond donors (Lipinski definition) is 1. The molecular formula is C15H17BrN2. The molecule has 94 valence electrons. The third kappa shape index (κ3) is 3.05. The minimum atomic E-state index is 0.806. The number of aryl methyl sites for hydroxylation is 1. The zero-order valence-corrected chi connectivity index (χ0v) is 12.2. The van der Waals surface area contributed by atoms with Crippen LogP contribution in [0.25, 0.3) is 0 Å². The molecule has 0 aromatic heterocycles. The van der Waals surface area contributed by atoms with Crippen molar-refractivity contribution in [2.45, 2.75) is 13.5 Å². The van der Waals surface area contributed by atoms with Gasteiger partial charge in [-0.3, -0.25) is 0 Å². The molecule has 2 N–H and O–H groups in total. The van der Waals surface area contributed by atoms with Crippen molar-refractivity contribution in [3.05, 3.63) is 58.1 Å². The second kappa shape index (κ2) is 5.44. The summed E-state index contributed by atoms with van der Waals surface area (Å²) in [6, 6.07) is 14.4. The van der Waals surface area contributed by atoms with E-state index in [4.69, 9.17) is 5.73 Å². The molecule has 0 aliphatic heterocycles. The van der Waals surface area contributed by atoms with Crippen molar-refractivity contribution in [3.63, 3.8) is 0 Å². The molecule has 0 saturated heterocycles. The second-order valence-corrected chi connectivity index (χ2v) is 5.44. The van der Waals surface area contributed by atoms with Crippen LogP contribution in [0.4, 0.5) is 11.4 Å². The van der Waals surface area contributed by atoms with E-state index in [1.54, 1.807) is 0 Å². The van der Waals surface area contributed by atoms with Crippen molar-refractivity contribution in [2.24, 2.45) is 0 Å². The average molecular weight is 305 g/mol. The van der Waals surface area contributed by atoms with Crippen molar-refractivity contribution in [1.29, 1.82) is 0 Å². The maximum Gasteiger partial charge on any atom is 0.0426 e. The minimum Gasteiger partial charge on any atom is -0.399 e. The molecule has 0 unspecified atom stereocenters. The largest absolute Gasteiger partial charge is 0.399 e. The van der Waals surface area contributed by atoms with Crippen LogP contribution in [0.2, 0.25) is 0 Å². The highest BCUT2D eigenvalue weighted by Gasteiger charge is 2.06. The van der Waals surface area contributed by atoms with Crippen LogP contribution in [-0.2, 0) is 6.54 Å². The van der Waals surface area contributed by atoms with Gasteiger partial charge < -0.3 is 10.6 Å². The molecule has 0 radical (unpaired) electrons. The van der Waals surface area contributed by atoms with E-state index in [2.05, 4.69) is 65.1 Å². The molecule has 0 aliphatic carbocycles. The maximum absolute atomic E-state index is 5.69. The first-order valence-corrected chi connectivity index (χ1v) is 6.67. The number of nitrogens with zero attached hydrogens (tertiary/aromatic N) is 1. The Morgan fingerprint density at radius 2 is 1.78 bits per heavy atom. The summed E-state index contributed by atoms with van der Waals surface area (Å²) in [5.74, 6) is 0. The Bertz CT molecular complexity index is 535. The van der Waals surface area contributed by atoms with Gasteiger partial charge in [0.15, 0.2) is 0 Å². The molecule has 2 aromatic carbocycles. The van der Waals surface area contributed by atoms with E-state index in [1.807, 2.05) is 12.1 Å². The lowest BCUT2D eigenvalue weighted by Crippen LogP contribution is -2.17. The fourth-order valence-electron chi connectivity index (χ4n) is 1.98. The molecule has 0 spiro atoms. The summed E-state index contributed by atoms with van der Waals surface area (Å²) in [6.45, 7) is 3.00. The number of benzene rings is 2. The second-order valence-electron chi connectivity index (χ2n) is 4.53. The minimum absolute atomic E-state index is 0.806. The molecule has 2 rings (SSSR count). The zero-order valence-electron chi connectivity index (χ0n) is 10.7. The predicted octanol–water partition coefficient (Wildman–Crippen LogP) is 3.98. The van der Waals surface area contributed by atoms with Gasteiger partial charge in [0, 0.05) is 29.4 Å². The summed E-state index contributed by atoms with van der Waals surface area (Å²) in [5.41, 5.74) is 10.3. The van der Waals surface area contributed by atoms with E-state index in [1.165, 1.54) is 16.8 Å². The van der Waals surface area contributed by atoms with Crippen LogP contribution in [0.3, 0.4) is 0 Å². The van der Waals surface area contributed by atoms with Crippen LogP contribution < -0.4 is 10.6 Å². The van der Waals surface area contributed by atoms with E-state index in [0.717, 1.165) is 16.7 Å². The van der Waals surface area contributed by atoms with Crippen LogP contribution in [0.1, 0.15) is 11.1 Å². The van der Waals surface area contributed by atoms with Gasteiger partial charge in [0.1, 0.15) is 0 Å². The molecule has 0 fully saturated rings. The van der Waals surface area contributed by atoms with Gasteiger partial charge in [-0.05, 0) is 42.3 Å². The molecule has 0 aliphatic rings.